The number of aromatic nitrogens is 2. The maximum absolute atomic E-state index is 5.86. The van der Waals surface area contributed by atoms with Gasteiger partial charge in [-0.15, -0.1) is 11.8 Å². The monoisotopic (exact) mass is 245 g/mol. The summed E-state index contributed by atoms with van der Waals surface area (Å²) in [5, 5.41) is 1.09. The summed E-state index contributed by atoms with van der Waals surface area (Å²) in [4.78, 5) is 8.12. The second-order valence-electron chi connectivity index (χ2n) is 3.35. The number of hydrogen-bond donors (Lipinski definition) is 1. The van der Waals surface area contributed by atoms with Gasteiger partial charge in [-0.2, -0.15) is 0 Å². The van der Waals surface area contributed by atoms with Crippen molar-refractivity contribution in [1.29, 1.82) is 0 Å². The highest BCUT2D eigenvalue weighted by atomic mass is 35.5. The molecule has 0 aromatic carbocycles. The van der Waals surface area contributed by atoms with Crippen molar-refractivity contribution in [2.75, 3.05) is 11.5 Å². The van der Waals surface area contributed by atoms with E-state index in [9.17, 15) is 0 Å². The molecule has 0 aliphatic heterocycles. The number of anilines is 1. The van der Waals surface area contributed by atoms with E-state index in [0.717, 1.165) is 16.5 Å². The summed E-state index contributed by atoms with van der Waals surface area (Å²) in [6, 6.07) is 0. The largest absolute Gasteiger partial charge is 0.395 e. The lowest BCUT2D eigenvalue weighted by atomic mass is 10.3. The number of hydrogen-bond acceptors (Lipinski definition) is 4. The molecule has 0 aliphatic rings. The molecular weight excluding hydrogens is 230 g/mol. The first-order valence-corrected chi connectivity index (χ1v) is 6.44. The number of rotatable bonds is 5. The van der Waals surface area contributed by atoms with Gasteiger partial charge in [-0.1, -0.05) is 19.8 Å². The molecule has 0 radical (unpaired) electrons. The Hall–Kier alpha value is -0.480. The van der Waals surface area contributed by atoms with E-state index in [4.69, 9.17) is 17.3 Å². The minimum Gasteiger partial charge on any atom is -0.395 e. The highest BCUT2D eigenvalue weighted by Crippen LogP contribution is 2.26. The molecule has 84 valence electrons. The van der Waals surface area contributed by atoms with Crippen molar-refractivity contribution in [2.45, 2.75) is 38.1 Å². The van der Waals surface area contributed by atoms with Crippen molar-refractivity contribution >= 4 is 29.1 Å². The van der Waals surface area contributed by atoms with Crippen LogP contribution in [0.25, 0.3) is 0 Å². The summed E-state index contributed by atoms with van der Waals surface area (Å²) in [6.45, 7) is 4.03. The average molecular weight is 246 g/mol. The minimum atomic E-state index is 0.277. The van der Waals surface area contributed by atoms with Gasteiger partial charge in [0, 0.05) is 0 Å². The molecule has 0 bridgehead atoms. The molecule has 0 saturated carbocycles. The van der Waals surface area contributed by atoms with Gasteiger partial charge in [-0.25, -0.2) is 9.97 Å². The molecule has 1 aromatic rings. The van der Waals surface area contributed by atoms with Gasteiger partial charge >= 0.3 is 0 Å². The van der Waals surface area contributed by atoms with Crippen molar-refractivity contribution < 1.29 is 0 Å². The Labute approximate surface area is 99.8 Å². The highest BCUT2D eigenvalue weighted by molar-refractivity contribution is 7.99. The number of nitrogens with two attached hydrogens (primary N) is 1. The lowest BCUT2D eigenvalue weighted by Crippen LogP contribution is -1.99. The molecule has 3 nitrogen and oxygen atoms in total. The molecule has 0 saturated heterocycles. The van der Waals surface area contributed by atoms with Gasteiger partial charge in [0.1, 0.15) is 5.03 Å². The van der Waals surface area contributed by atoms with Crippen LogP contribution < -0.4 is 5.73 Å². The summed E-state index contributed by atoms with van der Waals surface area (Å²) < 4.78 is 0. The number of nitrogens with zero attached hydrogens (tertiary/aromatic N) is 2. The maximum Gasteiger partial charge on any atom is 0.223 e. The normalized spacial score (nSPS) is 10.6. The first-order chi connectivity index (χ1) is 7.15. The fraction of sp³-hybridized carbons (Fsp3) is 0.600. The maximum atomic E-state index is 5.86. The van der Waals surface area contributed by atoms with Crippen molar-refractivity contribution in [1.82, 2.24) is 9.97 Å². The molecule has 15 heavy (non-hydrogen) atoms. The molecule has 1 aromatic heterocycles. The summed E-state index contributed by atoms with van der Waals surface area (Å²) in [5.74, 6) is 1.03. The lowest BCUT2D eigenvalue weighted by molar-refractivity contribution is 0.778. The van der Waals surface area contributed by atoms with Crippen molar-refractivity contribution in [2.24, 2.45) is 0 Å². The SMILES string of the molecule is CCCCCSc1nc(Cl)nc(C)c1N. The first-order valence-electron chi connectivity index (χ1n) is 5.07. The van der Waals surface area contributed by atoms with Crippen molar-refractivity contribution in [3.8, 4) is 0 Å². The highest BCUT2D eigenvalue weighted by Gasteiger charge is 2.07. The third-order valence-corrected chi connectivity index (χ3v) is 3.31. The molecule has 1 heterocycles. The number of nitrogen functional groups attached to an aromatic ring is 1. The van der Waals surface area contributed by atoms with Crippen LogP contribution in [0.1, 0.15) is 31.9 Å². The molecule has 0 unspecified atom stereocenters. The zero-order valence-corrected chi connectivity index (χ0v) is 10.7. The Kier molecular flexibility index (Phi) is 5.19. The van der Waals surface area contributed by atoms with E-state index in [0.29, 0.717) is 5.69 Å². The molecule has 0 fully saturated rings. The van der Waals surface area contributed by atoms with Crippen LogP contribution in [-0.2, 0) is 0 Å². The van der Waals surface area contributed by atoms with Crippen molar-refractivity contribution in [3.05, 3.63) is 11.0 Å². The van der Waals surface area contributed by atoms with Gasteiger partial charge in [0.25, 0.3) is 0 Å². The zero-order valence-electron chi connectivity index (χ0n) is 9.09. The molecule has 5 heteroatoms. The zero-order chi connectivity index (χ0) is 11.3. The Morgan fingerprint density at radius 2 is 2.07 bits per heavy atom. The molecule has 1 rings (SSSR count). The van der Waals surface area contributed by atoms with Gasteiger partial charge in [-0.3, -0.25) is 0 Å². The number of halogens is 1. The van der Waals surface area contributed by atoms with E-state index in [1.165, 1.54) is 19.3 Å². The van der Waals surface area contributed by atoms with Crippen LogP contribution in [0.4, 0.5) is 5.69 Å². The van der Waals surface area contributed by atoms with E-state index in [-0.39, 0.29) is 5.28 Å². The van der Waals surface area contributed by atoms with Crippen LogP contribution in [0.5, 0.6) is 0 Å². The van der Waals surface area contributed by atoms with E-state index in [1.54, 1.807) is 11.8 Å². The van der Waals surface area contributed by atoms with Crippen molar-refractivity contribution in [3.63, 3.8) is 0 Å². The predicted octanol–water partition coefficient (Wildman–Crippen LogP) is 3.30. The fourth-order valence-corrected chi connectivity index (χ4v) is 2.41. The van der Waals surface area contributed by atoms with Gasteiger partial charge in [0.05, 0.1) is 11.4 Å². The Morgan fingerprint density at radius 1 is 1.33 bits per heavy atom. The topological polar surface area (TPSA) is 51.8 Å². The third-order valence-electron chi connectivity index (χ3n) is 2.06. The van der Waals surface area contributed by atoms with Crippen LogP contribution in [0.3, 0.4) is 0 Å². The van der Waals surface area contributed by atoms with E-state index >= 15 is 0 Å². The predicted molar refractivity (Wildman–Crippen MR) is 66.4 cm³/mol. The molecule has 0 spiro atoms. The van der Waals surface area contributed by atoms with Crippen LogP contribution >= 0.6 is 23.4 Å². The molecular formula is C10H16ClN3S. The summed E-state index contributed by atoms with van der Waals surface area (Å²) in [6.07, 6.45) is 3.64. The van der Waals surface area contributed by atoms with E-state index < -0.39 is 0 Å². The number of thioether (sulfide) groups is 1. The average Bonchev–Trinajstić information content (AvgIpc) is 2.19. The summed E-state index contributed by atoms with van der Waals surface area (Å²) >= 11 is 7.43. The smallest absolute Gasteiger partial charge is 0.223 e. The Balaban J connectivity index is 2.60. The second kappa shape index (κ2) is 6.18. The fourth-order valence-electron chi connectivity index (χ4n) is 1.15. The van der Waals surface area contributed by atoms with Gasteiger partial charge in [-0.05, 0) is 30.7 Å². The summed E-state index contributed by atoms with van der Waals surface area (Å²) in [7, 11) is 0. The minimum absolute atomic E-state index is 0.277. The number of unbranched alkanes of at least 4 members (excludes halogenated alkanes) is 2. The Morgan fingerprint density at radius 3 is 2.73 bits per heavy atom. The van der Waals surface area contributed by atoms with Crippen LogP contribution in [-0.4, -0.2) is 15.7 Å². The van der Waals surface area contributed by atoms with E-state index in [1.807, 2.05) is 6.92 Å². The lowest BCUT2D eigenvalue weighted by Gasteiger charge is -2.06. The van der Waals surface area contributed by atoms with Gasteiger partial charge in [0.15, 0.2) is 0 Å². The molecule has 0 aliphatic carbocycles. The van der Waals surface area contributed by atoms with Crippen LogP contribution in [0, 0.1) is 6.92 Å². The van der Waals surface area contributed by atoms with Gasteiger partial charge < -0.3 is 5.73 Å². The van der Waals surface area contributed by atoms with Gasteiger partial charge in [0.2, 0.25) is 5.28 Å². The van der Waals surface area contributed by atoms with E-state index in [2.05, 4.69) is 16.9 Å². The van der Waals surface area contributed by atoms with Crippen LogP contribution in [0.2, 0.25) is 5.28 Å². The molecule has 2 N–H and O–H groups in total. The molecule has 0 amide bonds. The molecule has 0 atom stereocenters. The first kappa shape index (κ1) is 12.6. The quantitative estimate of drug-likeness (QED) is 0.374. The second-order valence-corrected chi connectivity index (χ2v) is 4.77. The van der Waals surface area contributed by atoms with Crippen LogP contribution in [0.15, 0.2) is 5.03 Å². The number of aryl methyl sites for hydroxylation is 1. The Bertz CT molecular complexity index is 331. The summed E-state index contributed by atoms with van der Waals surface area (Å²) in [5.41, 5.74) is 7.27. The third kappa shape index (κ3) is 3.87. The standard InChI is InChI=1S/C10H16ClN3S/c1-3-4-5-6-15-9-8(12)7(2)13-10(11)14-9/h3-6,12H2,1-2H3.